The van der Waals surface area contributed by atoms with E-state index in [0.717, 1.165) is 11.4 Å². The number of hydrogen-bond donors (Lipinski definition) is 1. The van der Waals surface area contributed by atoms with Crippen molar-refractivity contribution >= 4 is 28.6 Å². The number of para-hydroxylation sites is 1. The van der Waals surface area contributed by atoms with Gasteiger partial charge in [-0.1, -0.05) is 30.4 Å². The van der Waals surface area contributed by atoms with Crippen LogP contribution in [0.15, 0.2) is 48.7 Å². The molecule has 0 unspecified atom stereocenters. The number of anilines is 2. The Labute approximate surface area is 106 Å². The summed E-state index contributed by atoms with van der Waals surface area (Å²) in [6.07, 6.45) is 1.69. The van der Waals surface area contributed by atoms with Crippen LogP contribution in [0.25, 0.3) is 0 Å². The van der Waals surface area contributed by atoms with Crippen LogP contribution >= 0.6 is 12.2 Å². The van der Waals surface area contributed by atoms with Gasteiger partial charge in [0.25, 0.3) is 0 Å². The standard InChI is InChI=1S/C13H13N3S/c1-16(10-6-3-2-4-7-10)11-8-5-9-15-12(11)13(14)17/h2-9H,1H3,(H2,14,17). The molecule has 0 aliphatic rings. The Kier molecular flexibility index (Phi) is 3.35. The highest BCUT2D eigenvalue weighted by Gasteiger charge is 2.11. The molecule has 1 aromatic heterocycles. The van der Waals surface area contributed by atoms with Crippen molar-refractivity contribution < 1.29 is 0 Å². The third-order valence-corrected chi connectivity index (χ3v) is 2.72. The average molecular weight is 243 g/mol. The van der Waals surface area contributed by atoms with E-state index in [4.69, 9.17) is 18.0 Å². The van der Waals surface area contributed by atoms with Crippen LogP contribution < -0.4 is 10.6 Å². The molecule has 0 aliphatic carbocycles. The predicted molar refractivity (Wildman–Crippen MR) is 74.6 cm³/mol. The number of nitrogens with two attached hydrogens (primary N) is 1. The Morgan fingerprint density at radius 3 is 2.53 bits per heavy atom. The molecule has 0 spiro atoms. The molecular formula is C13H13N3S. The second kappa shape index (κ2) is 4.93. The van der Waals surface area contributed by atoms with Crippen LogP contribution in [0.1, 0.15) is 5.69 Å². The molecule has 4 heteroatoms. The molecule has 0 bridgehead atoms. The van der Waals surface area contributed by atoms with Crippen LogP contribution in [0.5, 0.6) is 0 Å². The molecule has 0 atom stereocenters. The maximum Gasteiger partial charge on any atom is 0.124 e. The van der Waals surface area contributed by atoms with Gasteiger partial charge in [-0.05, 0) is 24.3 Å². The fourth-order valence-corrected chi connectivity index (χ4v) is 1.81. The first-order valence-corrected chi connectivity index (χ1v) is 5.64. The number of aromatic nitrogens is 1. The van der Waals surface area contributed by atoms with Gasteiger partial charge in [0.2, 0.25) is 0 Å². The van der Waals surface area contributed by atoms with Crippen molar-refractivity contribution in [3.05, 3.63) is 54.4 Å². The van der Waals surface area contributed by atoms with E-state index in [1.54, 1.807) is 6.20 Å². The topological polar surface area (TPSA) is 42.2 Å². The van der Waals surface area contributed by atoms with Crippen molar-refractivity contribution in [3.63, 3.8) is 0 Å². The van der Waals surface area contributed by atoms with Gasteiger partial charge in [-0.3, -0.25) is 4.98 Å². The fraction of sp³-hybridized carbons (Fsp3) is 0.0769. The lowest BCUT2D eigenvalue weighted by Gasteiger charge is -2.21. The van der Waals surface area contributed by atoms with Gasteiger partial charge in [0.1, 0.15) is 10.7 Å². The third kappa shape index (κ3) is 2.42. The predicted octanol–water partition coefficient (Wildman–Crippen LogP) is 2.48. The lowest BCUT2D eigenvalue weighted by Crippen LogP contribution is -2.19. The number of pyridine rings is 1. The Hall–Kier alpha value is -1.94. The first kappa shape index (κ1) is 11.5. The number of nitrogens with zero attached hydrogens (tertiary/aromatic N) is 2. The molecule has 3 nitrogen and oxygen atoms in total. The summed E-state index contributed by atoms with van der Waals surface area (Å²) in [6.45, 7) is 0. The molecule has 0 fully saturated rings. The molecule has 2 N–H and O–H groups in total. The van der Waals surface area contributed by atoms with Gasteiger partial charge in [-0.2, -0.15) is 0 Å². The molecular weight excluding hydrogens is 230 g/mol. The lowest BCUT2D eigenvalue weighted by atomic mass is 10.2. The maximum atomic E-state index is 5.67. The smallest absolute Gasteiger partial charge is 0.124 e. The van der Waals surface area contributed by atoms with Gasteiger partial charge >= 0.3 is 0 Å². The number of rotatable bonds is 3. The summed E-state index contributed by atoms with van der Waals surface area (Å²) >= 11 is 5.01. The van der Waals surface area contributed by atoms with Crippen molar-refractivity contribution in [1.82, 2.24) is 4.98 Å². The molecule has 1 aromatic carbocycles. The van der Waals surface area contributed by atoms with E-state index in [1.807, 2.05) is 54.4 Å². The van der Waals surface area contributed by atoms with Crippen molar-refractivity contribution in [1.29, 1.82) is 0 Å². The highest BCUT2D eigenvalue weighted by atomic mass is 32.1. The van der Waals surface area contributed by atoms with Crippen LogP contribution in [0.3, 0.4) is 0 Å². The molecule has 0 radical (unpaired) electrons. The second-order valence-corrected chi connectivity index (χ2v) is 4.07. The van der Waals surface area contributed by atoms with Crippen molar-refractivity contribution in [2.75, 3.05) is 11.9 Å². The third-order valence-electron chi connectivity index (χ3n) is 2.52. The van der Waals surface area contributed by atoms with E-state index in [9.17, 15) is 0 Å². The Balaban J connectivity index is 2.44. The molecule has 2 rings (SSSR count). The van der Waals surface area contributed by atoms with E-state index in [2.05, 4.69) is 4.98 Å². The van der Waals surface area contributed by atoms with Crippen LogP contribution in [-0.2, 0) is 0 Å². The minimum atomic E-state index is 0.309. The summed E-state index contributed by atoms with van der Waals surface area (Å²) in [7, 11) is 1.97. The quantitative estimate of drug-likeness (QED) is 0.841. The highest BCUT2D eigenvalue weighted by Crippen LogP contribution is 2.25. The van der Waals surface area contributed by atoms with Crippen molar-refractivity contribution in [3.8, 4) is 0 Å². The second-order valence-electron chi connectivity index (χ2n) is 3.63. The van der Waals surface area contributed by atoms with Crippen molar-refractivity contribution in [2.24, 2.45) is 5.73 Å². The maximum absolute atomic E-state index is 5.67. The summed E-state index contributed by atoms with van der Waals surface area (Å²) in [5.74, 6) is 0. The fourth-order valence-electron chi connectivity index (χ4n) is 1.65. The largest absolute Gasteiger partial charge is 0.388 e. The van der Waals surface area contributed by atoms with E-state index >= 15 is 0 Å². The van der Waals surface area contributed by atoms with Gasteiger partial charge in [0, 0.05) is 18.9 Å². The molecule has 0 saturated carbocycles. The van der Waals surface area contributed by atoms with Gasteiger partial charge in [0.15, 0.2) is 0 Å². The zero-order valence-electron chi connectivity index (χ0n) is 9.50. The Bertz CT molecular complexity index is 525. The minimum absolute atomic E-state index is 0.309. The highest BCUT2D eigenvalue weighted by molar-refractivity contribution is 7.80. The van der Waals surface area contributed by atoms with Crippen molar-refractivity contribution in [2.45, 2.75) is 0 Å². The Morgan fingerprint density at radius 1 is 1.18 bits per heavy atom. The van der Waals surface area contributed by atoms with E-state index < -0.39 is 0 Å². The monoisotopic (exact) mass is 243 g/mol. The van der Waals surface area contributed by atoms with Gasteiger partial charge in [-0.15, -0.1) is 0 Å². The van der Waals surface area contributed by atoms with E-state index in [0.29, 0.717) is 10.7 Å². The SMILES string of the molecule is CN(c1ccccc1)c1cccnc1C(N)=S. The molecule has 0 amide bonds. The summed E-state index contributed by atoms with van der Waals surface area (Å²) in [5.41, 5.74) is 8.30. The van der Waals surface area contributed by atoms with Crippen LogP contribution in [-0.4, -0.2) is 17.0 Å². The molecule has 0 aliphatic heterocycles. The number of benzene rings is 1. The van der Waals surface area contributed by atoms with Gasteiger partial charge in [0.05, 0.1) is 5.69 Å². The Morgan fingerprint density at radius 2 is 1.88 bits per heavy atom. The normalized spacial score (nSPS) is 9.94. The number of thiocarbonyl (C=S) groups is 1. The van der Waals surface area contributed by atoms with Crippen LogP contribution in [0.4, 0.5) is 11.4 Å². The molecule has 17 heavy (non-hydrogen) atoms. The molecule has 86 valence electrons. The first-order chi connectivity index (χ1) is 8.20. The first-order valence-electron chi connectivity index (χ1n) is 5.24. The lowest BCUT2D eigenvalue weighted by molar-refractivity contribution is 1.16. The zero-order chi connectivity index (χ0) is 12.3. The summed E-state index contributed by atoms with van der Waals surface area (Å²) in [5, 5.41) is 0. The van der Waals surface area contributed by atoms with E-state index in [1.165, 1.54) is 0 Å². The molecule has 0 saturated heterocycles. The van der Waals surface area contributed by atoms with E-state index in [-0.39, 0.29) is 0 Å². The summed E-state index contributed by atoms with van der Waals surface area (Å²) in [4.78, 5) is 6.54. The molecule has 1 heterocycles. The van der Waals surface area contributed by atoms with Crippen LogP contribution in [0.2, 0.25) is 0 Å². The van der Waals surface area contributed by atoms with Gasteiger partial charge < -0.3 is 10.6 Å². The van der Waals surface area contributed by atoms with Crippen LogP contribution in [0, 0.1) is 0 Å². The average Bonchev–Trinajstić information content (AvgIpc) is 2.39. The number of hydrogen-bond acceptors (Lipinski definition) is 3. The summed E-state index contributed by atoms with van der Waals surface area (Å²) in [6, 6.07) is 13.8. The minimum Gasteiger partial charge on any atom is -0.388 e. The zero-order valence-corrected chi connectivity index (χ0v) is 10.3. The van der Waals surface area contributed by atoms with Gasteiger partial charge in [-0.25, -0.2) is 0 Å². The molecule has 2 aromatic rings. The summed E-state index contributed by atoms with van der Waals surface area (Å²) < 4.78 is 0.